The molecular formula is C69H87N3O18. The highest BCUT2D eigenvalue weighted by atomic mass is 16.6. The number of methoxy groups -OCH3 is 3. The zero-order chi connectivity index (χ0) is 65.8. The van der Waals surface area contributed by atoms with Gasteiger partial charge >= 0.3 is 35.8 Å². The molecule has 3 unspecified atom stereocenters. The second-order valence-electron chi connectivity index (χ2n) is 21.6. The van der Waals surface area contributed by atoms with Gasteiger partial charge in [0, 0.05) is 31.6 Å². The lowest BCUT2D eigenvalue weighted by atomic mass is 10.0. The number of rotatable bonds is 36. The summed E-state index contributed by atoms with van der Waals surface area (Å²) < 4.78 is 50.1. The molecule has 0 saturated carbocycles. The van der Waals surface area contributed by atoms with Gasteiger partial charge in [-0.15, -0.1) is 0 Å². The molecule has 6 aromatic carbocycles. The summed E-state index contributed by atoms with van der Waals surface area (Å²) in [5.74, 6) is -0.190. The highest BCUT2D eigenvalue weighted by Crippen LogP contribution is 2.32. The molecule has 21 heteroatoms. The van der Waals surface area contributed by atoms with Gasteiger partial charge < -0.3 is 72.7 Å². The van der Waals surface area contributed by atoms with Crippen molar-refractivity contribution in [3.63, 3.8) is 0 Å². The number of carbonyl (C=O) groups is 6. The predicted molar refractivity (Wildman–Crippen MR) is 340 cm³/mol. The van der Waals surface area contributed by atoms with Crippen LogP contribution >= 0.6 is 0 Å². The third kappa shape index (κ3) is 29.7. The lowest BCUT2D eigenvalue weighted by Crippen LogP contribution is -2.35. The number of aliphatic carboxylic acids is 3. The van der Waals surface area contributed by atoms with Crippen LogP contribution in [0.3, 0.4) is 0 Å². The maximum absolute atomic E-state index is 12.0. The molecule has 0 aromatic heterocycles. The maximum Gasteiger partial charge on any atom is 0.306 e. The summed E-state index contributed by atoms with van der Waals surface area (Å²) in [5, 5.41) is 26.2. The Balaban J connectivity index is 0.000000288. The molecule has 6 rings (SSSR count). The number of benzene rings is 6. The summed E-state index contributed by atoms with van der Waals surface area (Å²) in [6.07, 6.45) is -0.464. The summed E-state index contributed by atoms with van der Waals surface area (Å²) in [7, 11) is 16.1. The highest BCUT2D eigenvalue weighted by molar-refractivity contribution is 5.78. The van der Waals surface area contributed by atoms with Crippen LogP contribution in [0.25, 0.3) is 11.1 Å². The van der Waals surface area contributed by atoms with E-state index in [1.54, 1.807) is 21.3 Å². The van der Waals surface area contributed by atoms with Crippen LogP contribution in [0.15, 0.2) is 146 Å². The number of ether oxygens (including phenoxy) is 9. The number of aryl methyl sites for hydroxylation is 2. The van der Waals surface area contributed by atoms with E-state index in [9.17, 15) is 28.8 Å². The molecule has 0 heterocycles. The Morgan fingerprint density at radius 1 is 0.389 bits per heavy atom. The zero-order valence-corrected chi connectivity index (χ0v) is 53.0. The van der Waals surface area contributed by atoms with E-state index in [4.69, 9.17) is 58.0 Å². The van der Waals surface area contributed by atoms with E-state index < -0.39 is 54.1 Å². The molecule has 0 aliphatic heterocycles. The number of carboxylic acids is 3. The van der Waals surface area contributed by atoms with E-state index in [2.05, 4.69) is 6.07 Å². The van der Waals surface area contributed by atoms with Gasteiger partial charge in [0.05, 0.1) is 59.9 Å². The Morgan fingerprint density at radius 2 is 0.767 bits per heavy atom. The Morgan fingerprint density at radius 3 is 1.20 bits per heavy atom. The molecule has 486 valence electrons. The van der Waals surface area contributed by atoms with Gasteiger partial charge in [-0.1, -0.05) is 91.0 Å². The van der Waals surface area contributed by atoms with Crippen molar-refractivity contribution in [1.29, 1.82) is 0 Å². The molecule has 0 amide bonds. The van der Waals surface area contributed by atoms with Gasteiger partial charge in [-0.2, -0.15) is 0 Å². The predicted octanol–water partition coefficient (Wildman–Crippen LogP) is 9.28. The normalized spacial score (nSPS) is 11.7. The van der Waals surface area contributed by atoms with E-state index >= 15 is 0 Å². The minimum atomic E-state index is -1.03. The van der Waals surface area contributed by atoms with Crippen molar-refractivity contribution < 1.29 is 86.7 Å². The van der Waals surface area contributed by atoms with Gasteiger partial charge in [0.25, 0.3) is 0 Å². The topological polar surface area (TPSA) is 256 Å². The Bertz CT molecular complexity index is 3150. The van der Waals surface area contributed by atoms with E-state index in [1.807, 2.05) is 197 Å². The number of esters is 3. The number of carbonyl (C=O) groups excluding carboxylic acids is 3. The molecule has 0 spiro atoms. The van der Waals surface area contributed by atoms with Crippen molar-refractivity contribution in [2.24, 2.45) is 0 Å². The molecular weight excluding hydrogens is 1160 g/mol. The number of hydrogen-bond acceptors (Lipinski definition) is 18. The first-order chi connectivity index (χ1) is 43.1. The quantitative estimate of drug-likeness (QED) is 0.0244. The molecule has 0 aliphatic carbocycles. The van der Waals surface area contributed by atoms with Crippen molar-refractivity contribution in [3.8, 4) is 45.6 Å². The summed E-state index contributed by atoms with van der Waals surface area (Å²) in [5.41, 5.74) is 6.22. The lowest BCUT2D eigenvalue weighted by Gasteiger charge is -2.22. The van der Waals surface area contributed by atoms with Crippen molar-refractivity contribution in [1.82, 2.24) is 14.7 Å². The first-order valence-electron chi connectivity index (χ1n) is 29.3. The van der Waals surface area contributed by atoms with Crippen LogP contribution < -0.4 is 28.4 Å². The van der Waals surface area contributed by atoms with Crippen LogP contribution in [-0.4, -0.2) is 187 Å². The van der Waals surface area contributed by atoms with Gasteiger partial charge in [0.15, 0.2) is 0 Å². The van der Waals surface area contributed by atoms with Gasteiger partial charge in [-0.25, -0.2) is 0 Å². The smallest absolute Gasteiger partial charge is 0.306 e. The second-order valence-corrected chi connectivity index (χ2v) is 21.6. The molecule has 0 bridgehead atoms. The third-order valence-corrected chi connectivity index (χ3v) is 13.1. The maximum atomic E-state index is 12.0. The average molecular weight is 1250 g/mol. The van der Waals surface area contributed by atoms with E-state index in [0.717, 1.165) is 63.7 Å². The molecule has 21 nitrogen and oxygen atoms in total. The minimum absolute atomic E-state index is 0.156. The highest BCUT2D eigenvalue weighted by Gasteiger charge is 2.22. The summed E-state index contributed by atoms with van der Waals surface area (Å²) >= 11 is 0. The van der Waals surface area contributed by atoms with Crippen molar-refractivity contribution in [2.75, 3.05) is 103 Å². The standard InChI is InChI=1S/C24H31NO6.C23H29NO6.C22H27NO6/c1-25(2)16-21(31-24(28)14-13-23(26)27)17-30-22-10-5-4-8-19(22)12-11-18-7-6-9-20(15-18)29-3;1-24(2)15-20(30-23(27)12-11-22(25)26)16-29-21-10-5-4-8-18(21)13-17-7-6-9-19(14-17)28-3;1-23(2)14-18(29-22(26)13-12-21(24)25)15-28-20-7-5-4-6-19(20)16-8-10-17(27-3)11-9-16/h4-10,15,21H,11-14,16-17H2,1-3H3,(H,26,27);4-10,14,20H,11-13,15-16H2,1-3H3,(H,25,26);4-11,18H,12-15H2,1-3H3,(H,24,25). The number of hydrogen-bond donors (Lipinski definition) is 3. The number of para-hydroxylation sites is 3. The molecule has 90 heavy (non-hydrogen) atoms. The molecule has 3 atom stereocenters. The Labute approximate surface area is 527 Å². The molecule has 6 aromatic rings. The second kappa shape index (κ2) is 40.4. The minimum Gasteiger partial charge on any atom is -0.497 e. The fourth-order valence-electron chi connectivity index (χ4n) is 8.86. The van der Waals surface area contributed by atoms with Gasteiger partial charge in [-0.3, -0.25) is 28.8 Å². The van der Waals surface area contributed by atoms with Gasteiger partial charge in [0.2, 0.25) is 0 Å². The number of nitrogens with zero attached hydrogens (tertiary/aromatic N) is 3. The fraction of sp³-hybridized carbons (Fsp3) is 0.391. The van der Waals surface area contributed by atoms with Gasteiger partial charge in [0.1, 0.15) is 72.6 Å². The van der Waals surface area contributed by atoms with Crippen LogP contribution in [0, 0.1) is 0 Å². The van der Waals surface area contributed by atoms with Crippen LogP contribution in [0.2, 0.25) is 0 Å². The lowest BCUT2D eigenvalue weighted by molar-refractivity contribution is -0.154. The van der Waals surface area contributed by atoms with E-state index in [0.29, 0.717) is 37.6 Å². The molecule has 3 N–H and O–H groups in total. The average Bonchev–Trinajstić information content (AvgIpc) is 2.49. The van der Waals surface area contributed by atoms with Crippen LogP contribution in [0.1, 0.15) is 60.8 Å². The number of likely N-dealkylation sites (N-methyl/N-ethyl adjacent to an activating group) is 3. The number of carboxylic acid groups (broad SMARTS) is 3. The third-order valence-electron chi connectivity index (χ3n) is 13.1. The van der Waals surface area contributed by atoms with Crippen LogP contribution in [0.4, 0.5) is 0 Å². The van der Waals surface area contributed by atoms with E-state index in [1.165, 1.54) is 5.56 Å². The summed E-state index contributed by atoms with van der Waals surface area (Å²) in [4.78, 5) is 73.5. The SMILES string of the molecule is COc1ccc(-c2ccccc2OCC(CN(C)C)OC(=O)CCC(=O)O)cc1.COc1cccc(CCc2ccccc2OCC(CN(C)C)OC(=O)CCC(=O)O)c1.COc1cccc(Cc2ccccc2OCC(CN(C)C)OC(=O)CCC(=O)O)c1. The van der Waals surface area contributed by atoms with Crippen molar-refractivity contribution >= 4 is 35.8 Å². The first-order valence-corrected chi connectivity index (χ1v) is 29.3. The van der Waals surface area contributed by atoms with Gasteiger partial charge in [-0.05, 0) is 138 Å². The summed E-state index contributed by atoms with van der Waals surface area (Å²) in [6, 6.07) is 46.6. The van der Waals surface area contributed by atoms with Crippen LogP contribution in [0.5, 0.6) is 34.5 Å². The molecule has 0 fully saturated rings. The first kappa shape index (κ1) is 73.3. The Hall–Kier alpha value is -9.18. The van der Waals surface area contributed by atoms with E-state index in [-0.39, 0.29) is 58.3 Å². The van der Waals surface area contributed by atoms with Crippen molar-refractivity contribution in [2.45, 2.75) is 76.1 Å². The Kier molecular flexibility index (Phi) is 32.9. The monoisotopic (exact) mass is 1250 g/mol. The molecule has 0 saturated heterocycles. The largest absolute Gasteiger partial charge is 0.497 e. The summed E-state index contributed by atoms with van der Waals surface area (Å²) in [6.45, 7) is 1.93. The van der Waals surface area contributed by atoms with Crippen molar-refractivity contribution in [3.05, 3.63) is 168 Å². The molecule has 0 aliphatic rings. The zero-order valence-electron chi connectivity index (χ0n) is 53.0. The molecule has 0 radical (unpaired) electrons. The van der Waals surface area contributed by atoms with Crippen LogP contribution in [-0.2, 0) is 62.2 Å². The fourth-order valence-corrected chi connectivity index (χ4v) is 8.86.